The summed E-state index contributed by atoms with van der Waals surface area (Å²) in [5.41, 5.74) is 1.03. The van der Waals surface area contributed by atoms with Crippen molar-refractivity contribution in [3.05, 3.63) is 0 Å². The van der Waals surface area contributed by atoms with Crippen LogP contribution in [0.1, 0.15) is 47.0 Å². The summed E-state index contributed by atoms with van der Waals surface area (Å²) < 4.78 is 0. The molecule has 0 radical (unpaired) electrons. The van der Waals surface area contributed by atoms with Crippen LogP contribution in [-0.4, -0.2) is 48.1 Å². The molecule has 0 bridgehead atoms. The molecule has 2 fully saturated rings. The van der Waals surface area contributed by atoms with Gasteiger partial charge < -0.3 is 4.90 Å². The largest absolute Gasteiger partial charge is 0.304 e. The number of likely N-dealkylation sites (tertiary alicyclic amines) is 2. The molecule has 1 spiro atoms. The number of rotatable bonds is 1. The van der Waals surface area contributed by atoms with Gasteiger partial charge >= 0.3 is 0 Å². The third kappa shape index (κ3) is 2.43. The fraction of sp³-hybridized carbons (Fsp3) is 1.00. The molecule has 0 N–H and O–H groups in total. The van der Waals surface area contributed by atoms with Crippen LogP contribution in [0.5, 0.6) is 0 Å². The predicted molar refractivity (Wildman–Crippen MR) is 69.7 cm³/mol. The minimum atomic E-state index is 0.366. The van der Waals surface area contributed by atoms with E-state index in [1.807, 2.05) is 0 Å². The number of hydrogen-bond acceptors (Lipinski definition) is 2. The monoisotopic (exact) mass is 224 g/mol. The van der Waals surface area contributed by atoms with E-state index in [0.717, 1.165) is 0 Å². The SMILES string of the molecule is CCN1CCC2(CC1)CCN(C(C)(C)C)C2. The van der Waals surface area contributed by atoms with Crippen LogP contribution in [0.15, 0.2) is 0 Å². The Morgan fingerprint density at radius 1 is 1.00 bits per heavy atom. The van der Waals surface area contributed by atoms with Gasteiger partial charge in [-0.25, -0.2) is 0 Å². The first-order chi connectivity index (χ1) is 7.45. The third-order valence-corrected chi connectivity index (χ3v) is 4.75. The highest BCUT2D eigenvalue weighted by Crippen LogP contribution is 2.42. The molecule has 0 aromatic rings. The second-order valence-corrected chi connectivity index (χ2v) is 6.78. The molecule has 94 valence electrons. The van der Waals surface area contributed by atoms with Crippen molar-refractivity contribution in [3.8, 4) is 0 Å². The van der Waals surface area contributed by atoms with E-state index in [9.17, 15) is 0 Å². The topological polar surface area (TPSA) is 6.48 Å². The quantitative estimate of drug-likeness (QED) is 0.675. The molecule has 0 unspecified atom stereocenters. The first-order valence-corrected chi connectivity index (χ1v) is 6.93. The first kappa shape index (κ1) is 12.4. The Hall–Kier alpha value is -0.0800. The summed E-state index contributed by atoms with van der Waals surface area (Å²) in [6.45, 7) is 15.9. The maximum atomic E-state index is 2.69. The lowest BCUT2D eigenvalue weighted by molar-refractivity contribution is 0.0906. The number of hydrogen-bond donors (Lipinski definition) is 0. The second kappa shape index (κ2) is 4.30. The molecular formula is C14H28N2. The van der Waals surface area contributed by atoms with Gasteiger partial charge in [-0.05, 0) is 71.6 Å². The zero-order valence-corrected chi connectivity index (χ0v) is 11.6. The lowest BCUT2D eigenvalue weighted by atomic mass is 9.77. The van der Waals surface area contributed by atoms with Crippen LogP contribution in [0, 0.1) is 5.41 Å². The Balaban J connectivity index is 1.93. The smallest absolute Gasteiger partial charge is 0.0125 e. The Kier molecular flexibility index (Phi) is 3.33. The summed E-state index contributed by atoms with van der Waals surface area (Å²) in [6.07, 6.45) is 4.28. The molecule has 16 heavy (non-hydrogen) atoms. The summed E-state index contributed by atoms with van der Waals surface area (Å²) in [6, 6.07) is 0. The average Bonchev–Trinajstić information content (AvgIpc) is 2.63. The highest BCUT2D eigenvalue weighted by Gasteiger charge is 2.42. The molecular weight excluding hydrogens is 196 g/mol. The maximum absolute atomic E-state index is 2.69. The molecule has 2 aliphatic rings. The normalized spacial score (nSPS) is 27.8. The van der Waals surface area contributed by atoms with Crippen molar-refractivity contribution in [2.24, 2.45) is 5.41 Å². The van der Waals surface area contributed by atoms with Crippen molar-refractivity contribution in [1.29, 1.82) is 0 Å². The van der Waals surface area contributed by atoms with E-state index in [1.54, 1.807) is 0 Å². The summed E-state index contributed by atoms with van der Waals surface area (Å²) in [5, 5.41) is 0. The van der Waals surface area contributed by atoms with Crippen molar-refractivity contribution in [3.63, 3.8) is 0 Å². The van der Waals surface area contributed by atoms with Crippen molar-refractivity contribution < 1.29 is 0 Å². The number of nitrogens with zero attached hydrogens (tertiary/aromatic N) is 2. The van der Waals surface area contributed by atoms with Crippen molar-refractivity contribution in [2.45, 2.75) is 52.5 Å². The van der Waals surface area contributed by atoms with E-state index < -0.39 is 0 Å². The van der Waals surface area contributed by atoms with Crippen LogP contribution in [-0.2, 0) is 0 Å². The van der Waals surface area contributed by atoms with Gasteiger partial charge in [0.1, 0.15) is 0 Å². The van der Waals surface area contributed by atoms with E-state index in [1.165, 1.54) is 52.0 Å². The van der Waals surface area contributed by atoms with E-state index in [-0.39, 0.29) is 0 Å². The van der Waals surface area contributed by atoms with Crippen molar-refractivity contribution >= 4 is 0 Å². The highest BCUT2D eigenvalue weighted by atomic mass is 15.2. The maximum Gasteiger partial charge on any atom is 0.0125 e. The standard InChI is InChI=1S/C14H28N2/c1-5-15-9-6-14(7-10-15)8-11-16(12-14)13(2,3)4/h5-12H2,1-4H3. The highest BCUT2D eigenvalue weighted by molar-refractivity contribution is 4.96. The molecule has 0 atom stereocenters. The van der Waals surface area contributed by atoms with Gasteiger partial charge in [-0.2, -0.15) is 0 Å². The fourth-order valence-electron chi connectivity index (χ4n) is 3.26. The molecule has 2 heterocycles. The molecule has 2 aliphatic heterocycles. The molecule has 2 saturated heterocycles. The summed E-state index contributed by atoms with van der Waals surface area (Å²) in [4.78, 5) is 5.29. The molecule has 0 aliphatic carbocycles. The van der Waals surface area contributed by atoms with E-state index in [4.69, 9.17) is 0 Å². The first-order valence-electron chi connectivity index (χ1n) is 6.93. The van der Waals surface area contributed by atoms with Crippen LogP contribution < -0.4 is 0 Å². The van der Waals surface area contributed by atoms with E-state index in [0.29, 0.717) is 11.0 Å². The van der Waals surface area contributed by atoms with Gasteiger partial charge in [0.15, 0.2) is 0 Å². The Morgan fingerprint density at radius 3 is 2.00 bits per heavy atom. The predicted octanol–water partition coefficient (Wildman–Crippen LogP) is 2.59. The minimum Gasteiger partial charge on any atom is -0.304 e. The number of piperidine rings is 1. The second-order valence-electron chi connectivity index (χ2n) is 6.78. The van der Waals surface area contributed by atoms with Gasteiger partial charge in [0, 0.05) is 12.1 Å². The zero-order valence-electron chi connectivity index (χ0n) is 11.6. The van der Waals surface area contributed by atoms with E-state index >= 15 is 0 Å². The lowest BCUT2D eigenvalue weighted by Crippen LogP contribution is -2.44. The van der Waals surface area contributed by atoms with Crippen LogP contribution >= 0.6 is 0 Å². The Bertz CT molecular complexity index is 234. The van der Waals surface area contributed by atoms with Gasteiger partial charge in [0.25, 0.3) is 0 Å². The Labute approximate surface area is 101 Å². The van der Waals surface area contributed by atoms with Crippen LogP contribution in [0.25, 0.3) is 0 Å². The Morgan fingerprint density at radius 2 is 1.56 bits per heavy atom. The van der Waals surface area contributed by atoms with Crippen LogP contribution in [0.3, 0.4) is 0 Å². The fourth-order valence-corrected chi connectivity index (χ4v) is 3.26. The van der Waals surface area contributed by atoms with Gasteiger partial charge in [-0.1, -0.05) is 6.92 Å². The van der Waals surface area contributed by atoms with Crippen molar-refractivity contribution in [1.82, 2.24) is 9.80 Å². The molecule has 2 heteroatoms. The summed E-state index contributed by atoms with van der Waals surface area (Å²) >= 11 is 0. The molecule has 2 rings (SSSR count). The molecule has 0 aromatic heterocycles. The average molecular weight is 224 g/mol. The molecule has 0 amide bonds. The summed E-state index contributed by atoms with van der Waals surface area (Å²) in [7, 11) is 0. The summed E-state index contributed by atoms with van der Waals surface area (Å²) in [5.74, 6) is 0. The molecule has 0 aromatic carbocycles. The van der Waals surface area contributed by atoms with Gasteiger partial charge in [0.05, 0.1) is 0 Å². The van der Waals surface area contributed by atoms with Crippen LogP contribution in [0.4, 0.5) is 0 Å². The third-order valence-electron chi connectivity index (χ3n) is 4.75. The van der Waals surface area contributed by atoms with Gasteiger partial charge in [-0.3, -0.25) is 4.90 Å². The van der Waals surface area contributed by atoms with Crippen molar-refractivity contribution in [2.75, 3.05) is 32.7 Å². The molecule has 2 nitrogen and oxygen atoms in total. The van der Waals surface area contributed by atoms with Gasteiger partial charge in [0.2, 0.25) is 0 Å². The molecule has 0 saturated carbocycles. The van der Waals surface area contributed by atoms with E-state index in [2.05, 4.69) is 37.5 Å². The lowest BCUT2D eigenvalue weighted by Gasteiger charge is -2.40. The zero-order chi connectivity index (χ0) is 11.8. The minimum absolute atomic E-state index is 0.366. The van der Waals surface area contributed by atoms with Crippen LogP contribution in [0.2, 0.25) is 0 Å². The van der Waals surface area contributed by atoms with Gasteiger partial charge in [-0.15, -0.1) is 0 Å².